The first-order chi connectivity index (χ1) is 25.5. The maximum atomic E-state index is 14.1. The molecule has 0 saturated carbocycles. The van der Waals surface area contributed by atoms with E-state index in [9.17, 15) is 18.9 Å². The van der Waals surface area contributed by atoms with Gasteiger partial charge in [-0.05, 0) is 77.9 Å². The number of amides is 1. The molecule has 4 rings (SSSR count). The van der Waals surface area contributed by atoms with Crippen molar-refractivity contribution >= 4 is 50.7 Å². The molecule has 1 N–H and O–H groups in total. The van der Waals surface area contributed by atoms with E-state index in [2.05, 4.69) is 54.1 Å². The third-order valence-electron chi connectivity index (χ3n) is 9.16. The fourth-order valence-corrected chi connectivity index (χ4v) is 7.23. The Kier molecular flexibility index (Phi) is 13.7. The second-order valence-corrected chi connectivity index (χ2v) is 23.3. The minimum absolute atomic E-state index is 0.199. The monoisotopic (exact) mass is 803 g/mol. The first kappa shape index (κ1) is 43.9. The second-order valence-electron chi connectivity index (χ2n) is 16.6. The minimum Gasteiger partial charge on any atom is -0.438 e. The molecule has 1 aromatic carbocycles. The van der Waals surface area contributed by atoms with Gasteiger partial charge >= 0.3 is 19.5 Å². The van der Waals surface area contributed by atoms with Gasteiger partial charge in [-0.15, -0.1) is 0 Å². The number of carbonyl (C=O) groups excluding carboxylic acids is 3. The lowest BCUT2D eigenvalue weighted by molar-refractivity contribution is -0.161. The Labute approximate surface area is 323 Å². The van der Waals surface area contributed by atoms with Crippen LogP contribution in [-0.2, 0) is 46.6 Å². The van der Waals surface area contributed by atoms with Gasteiger partial charge in [-0.3, -0.25) is 32.6 Å². The van der Waals surface area contributed by atoms with E-state index in [4.69, 9.17) is 32.4 Å². The Morgan fingerprint density at radius 1 is 0.891 bits per heavy atom. The molecule has 3 heterocycles. The molecular weight excluding hydrogens is 749 g/mol. The summed E-state index contributed by atoms with van der Waals surface area (Å²) in [6.45, 7) is 19.0. The van der Waals surface area contributed by atoms with Gasteiger partial charge in [0, 0.05) is 18.5 Å². The number of benzene rings is 1. The van der Waals surface area contributed by atoms with Crippen molar-refractivity contribution in [2.45, 2.75) is 105 Å². The van der Waals surface area contributed by atoms with Crippen LogP contribution in [0.3, 0.4) is 0 Å². The molecule has 0 unspecified atom stereocenters. The van der Waals surface area contributed by atoms with E-state index in [1.165, 1.54) is 25.8 Å². The summed E-state index contributed by atoms with van der Waals surface area (Å²) in [6, 6.07) is 8.70. The third-order valence-corrected chi connectivity index (χ3v) is 15.1. The Morgan fingerprint density at radius 3 is 2.00 bits per heavy atom. The van der Waals surface area contributed by atoms with Crippen molar-refractivity contribution in [2.75, 3.05) is 26.0 Å². The zero-order chi connectivity index (χ0) is 41.0. The molecule has 0 radical (unpaired) electrons. The molecule has 1 fully saturated rings. The highest BCUT2D eigenvalue weighted by Crippen LogP contribution is 2.51. The summed E-state index contributed by atoms with van der Waals surface area (Å²) in [5, 5.41) is 2.59. The van der Waals surface area contributed by atoms with Gasteiger partial charge in [0.05, 0.1) is 17.2 Å². The molecule has 4 atom stereocenters. The van der Waals surface area contributed by atoms with Crippen LogP contribution in [0.1, 0.15) is 78.9 Å². The molecule has 0 bridgehead atoms. The Bertz CT molecular complexity index is 1860. The lowest BCUT2D eigenvalue weighted by Gasteiger charge is -2.40. The summed E-state index contributed by atoms with van der Waals surface area (Å²) in [5.74, 6) is -0.186. The molecule has 2 aromatic heterocycles. The number of anilines is 1. The SMILES string of the molecule is CO[C@@H]1[C@H](O[Si](C)(C)C(C)(C)C)[C@@H](/C=C/P(=O)(OCOC(=O)C(C)(C)C)OCOC(=O)C(C)(C)C)O[C@H]1n1cnc2c(NC(=O)c3ccccc3)ncnc21. The van der Waals surface area contributed by atoms with Crippen molar-refractivity contribution in [3.8, 4) is 0 Å². The molecule has 1 amide bonds. The predicted molar refractivity (Wildman–Crippen MR) is 206 cm³/mol. The summed E-state index contributed by atoms with van der Waals surface area (Å²) in [7, 11) is -5.26. The van der Waals surface area contributed by atoms with Crippen molar-refractivity contribution in [2.24, 2.45) is 10.8 Å². The number of hydrogen-bond donors (Lipinski definition) is 1. The normalized spacial score (nSPS) is 19.9. The minimum atomic E-state index is -4.27. The Balaban J connectivity index is 1.69. The van der Waals surface area contributed by atoms with Gasteiger partial charge in [-0.2, -0.15) is 0 Å². The fraction of sp³-hybridized carbons (Fsp3) is 0.568. The number of methoxy groups -OCH3 is 1. The van der Waals surface area contributed by atoms with Crippen LogP contribution in [0.4, 0.5) is 5.82 Å². The van der Waals surface area contributed by atoms with Gasteiger partial charge in [-0.25, -0.2) is 15.0 Å². The molecule has 1 aliphatic heterocycles. The van der Waals surface area contributed by atoms with E-state index in [0.29, 0.717) is 16.7 Å². The number of hydrogen-bond acceptors (Lipinski definition) is 14. The van der Waals surface area contributed by atoms with Crippen molar-refractivity contribution in [3.05, 3.63) is 60.4 Å². The molecule has 1 aliphatic rings. The summed E-state index contributed by atoms with van der Waals surface area (Å²) >= 11 is 0. The highest BCUT2D eigenvalue weighted by Gasteiger charge is 2.51. The summed E-state index contributed by atoms with van der Waals surface area (Å²) < 4.78 is 56.8. The van der Waals surface area contributed by atoms with Crippen LogP contribution in [0.2, 0.25) is 18.1 Å². The topological polar surface area (TPSA) is 189 Å². The second kappa shape index (κ2) is 17.1. The van der Waals surface area contributed by atoms with Crippen LogP contribution in [0.15, 0.2) is 54.9 Å². The van der Waals surface area contributed by atoms with Gasteiger partial charge in [0.25, 0.3) is 5.91 Å². The van der Waals surface area contributed by atoms with Gasteiger partial charge in [0.1, 0.15) is 24.6 Å². The maximum absolute atomic E-state index is 14.1. The number of carbonyl (C=O) groups is 3. The predicted octanol–water partition coefficient (Wildman–Crippen LogP) is 7.22. The number of ether oxygens (including phenoxy) is 4. The van der Waals surface area contributed by atoms with E-state index in [0.717, 1.165) is 5.82 Å². The molecule has 302 valence electrons. The van der Waals surface area contributed by atoms with E-state index in [1.807, 2.05) is 6.07 Å². The van der Waals surface area contributed by atoms with E-state index < -0.39 is 76.8 Å². The molecule has 18 heteroatoms. The third kappa shape index (κ3) is 10.9. The lowest BCUT2D eigenvalue weighted by Crippen LogP contribution is -2.49. The largest absolute Gasteiger partial charge is 0.438 e. The van der Waals surface area contributed by atoms with Gasteiger partial charge < -0.3 is 28.7 Å². The number of imidazole rings is 1. The summed E-state index contributed by atoms with van der Waals surface area (Å²) in [5.41, 5.74) is -0.595. The quantitative estimate of drug-likeness (QED) is 0.0745. The average Bonchev–Trinajstić information content (AvgIpc) is 3.67. The van der Waals surface area contributed by atoms with E-state index in [-0.39, 0.29) is 16.8 Å². The number of esters is 2. The number of nitrogens with one attached hydrogen (secondary N) is 1. The number of fused-ring (bicyclic) bond motifs is 1. The number of nitrogens with zero attached hydrogens (tertiary/aromatic N) is 4. The highest BCUT2D eigenvalue weighted by atomic mass is 31.2. The van der Waals surface area contributed by atoms with E-state index >= 15 is 0 Å². The Hall–Kier alpha value is -3.83. The molecule has 0 spiro atoms. The maximum Gasteiger partial charge on any atom is 0.359 e. The van der Waals surface area contributed by atoms with Crippen LogP contribution in [0.25, 0.3) is 11.2 Å². The van der Waals surface area contributed by atoms with Crippen LogP contribution in [0.5, 0.6) is 0 Å². The molecular formula is C37H54N5O11PSi. The van der Waals surface area contributed by atoms with Gasteiger partial charge in [0.15, 0.2) is 31.5 Å². The molecule has 1 saturated heterocycles. The lowest BCUT2D eigenvalue weighted by atomic mass is 9.98. The first-order valence-electron chi connectivity index (χ1n) is 17.8. The van der Waals surface area contributed by atoms with Crippen LogP contribution < -0.4 is 5.32 Å². The highest BCUT2D eigenvalue weighted by molar-refractivity contribution is 7.57. The standard InChI is InChI=1S/C37H54N5O11PSi/c1-35(2,3)33(44)48-22-50-54(46,51-23-49-34(45)36(4,5)6)19-18-25-27(53-55(11,12)37(7,8)9)28(47-10)32(52-25)42-21-40-26-29(38-20-39-30(26)42)41-31(43)24-16-14-13-15-17-24/h13-21,25,27-28,32H,22-23H2,1-12H3,(H,38,39,41,43)/b19-18+/t25-,27-,28-,32-/m1/s1. The molecule has 55 heavy (non-hydrogen) atoms. The molecule has 0 aliphatic carbocycles. The van der Waals surface area contributed by atoms with Crippen molar-refractivity contribution in [3.63, 3.8) is 0 Å². The van der Waals surface area contributed by atoms with Crippen molar-refractivity contribution in [1.29, 1.82) is 0 Å². The van der Waals surface area contributed by atoms with Gasteiger partial charge in [0.2, 0.25) is 13.6 Å². The van der Waals surface area contributed by atoms with Crippen LogP contribution >= 0.6 is 7.60 Å². The zero-order valence-electron chi connectivity index (χ0n) is 33.6. The first-order valence-corrected chi connectivity index (χ1v) is 22.3. The summed E-state index contributed by atoms with van der Waals surface area (Å²) in [4.78, 5) is 51.1. The molecule has 3 aromatic rings. The number of aromatic nitrogens is 4. The van der Waals surface area contributed by atoms with Crippen LogP contribution in [0, 0.1) is 10.8 Å². The van der Waals surface area contributed by atoms with Crippen molar-refractivity contribution < 1.29 is 51.4 Å². The smallest absolute Gasteiger partial charge is 0.359 e. The van der Waals surface area contributed by atoms with Crippen LogP contribution in [-0.4, -0.2) is 84.7 Å². The Morgan fingerprint density at radius 2 is 1.47 bits per heavy atom. The molecule has 16 nitrogen and oxygen atoms in total. The number of rotatable bonds is 14. The van der Waals surface area contributed by atoms with Crippen molar-refractivity contribution in [1.82, 2.24) is 19.5 Å². The average molecular weight is 804 g/mol. The van der Waals surface area contributed by atoms with E-state index in [1.54, 1.807) is 70.4 Å². The summed E-state index contributed by atoms with van der Waals surface area (Å²) in [6.07, 6.45) is 0.997. The zero-order valence-corrected chi connectivity index (χ0v) is 35.5. The fourth-order valence-electron chi connectivity index (χ4n) is 4.90. The van der Waals surface area contributed by atoms with Gasteiger partial charge in [-0.1, -0.05) is 39.0 Å².